The lowest BCUT2D eigenvalue weighted by atomic mass is 10.2. The molecule has 0 unspecified atom stereocenters. The molecule has 20 heavy (non-hydrogen) atoms. The van der Waals surface area contributed by atoms with Crippen molar-refractivity contribution in [3.63, 3.8) is 0 Å². The van der Waals surface area contributed by atoms with Crippen LogP contribution < -0.4 is 16.4 Å². The number of urea groups is 1. The van der Waals surface area contributed by atoms with E-state index in [4.69, 9.17) is 5.73 Å². The largest absolute Gasteiger partial charge is 0.351 e. The van der Waals surface area contributed by atoms with Gasteiger partial charge in [0, 0.05) is 11.4 Å². The zero-order valence-electron chi connectivity index (χ0n) is 10.3. The average molecular weight is 335 g/mol. The van der Waals surface area contributed by atoms with Crippen LogP contribution in [0.3, 0.4) is 0 Å². The lowest BCUT2D eigenvalue weighted by Crippen LogP contribution is -2.19. The first kappa shape index (κ1) is 14.0. The highest BCUT2D eigenvalue weighted by Crippen LogP contribution is 2.14. The number of aromatic nitrogens is 1. The molecule has 0 saturated heterocycles. The van der Waals surface area contributed by atoms with Gasteiger partial charge in [-0.15, -0.1) is 0 Å². The van der Waals surface area contributed by atoms with E-state index in [-0.39, 0.29) is 5.91 Å². The van der Waals surface area contributed by atoms with Gasteiger partial charge in [-0.2, -0.15) is 0 Å². The van der Waals surface area contributed by atoms with Gasteiger partial charge in [0.05, 0.1) is 0 Å². The number of anilines is 2. The molecule has 7 heteroatoms. The van der Waals surface area contributed by atoms with Crippen LogP contribution in [0.2, 0.25) is 0 Å². The minimum Gasteiger partial charge on any atom is -0.351 e. The summed E-state index contributed by atoms with van der Waals surface area (Å²) < 4.78 is 0.589. The smallest absolute Gasteiger partial charge is 0.316 e. The molecule has 0 radical (unpaired) electrons. The van der Waals surface area contributed by atoms with Gasteiger partial charge in [0.1, 0.15) is 10.3 Å². The molecule has 0 aliphatic carbocycles. The van der Waals surface area contributed by atoms with Crippen molar-refractivity contribution >= 4 is 39.2 Å². The van der Waals surface area contributed by atoms with Crippen LogP contribution in [0, 0.1) is 0 Å². The second-order valence-corrected chi connectivity index (χ2v) is 4.68. The topological polar surface area (TPSA) is 97.1 Å². The Kier molecular flexibility index (Phi) is 4.31. The molecule has 1 aromatic heterocycles. The number of halogens is 1. The first-order valence-electron chi connectivity index (χ1n) is 5.65. The Morgan fingerprint density at radius 2 is 1.60 bits per heavy atom. The number of hydrogen-bond acceptors (Lipinski definition) is 3. The molecule has 0 aliphatic rings. The number of nitrogens with one attached hydrogen (secondary N) is 2. The molecule has 0 atom stereocenters. The van der Waals surface area contributed by atoms with Gasteiger partial charge < -0.3 is 16.4 Å². The third-order valence-corrected chi connectivity index (χ3v) is 2.80. The van der Waals surface area contributed by atoms with Crippen molar-refractivity contribution in [2.75, 3.05) is 10.6 Å². The second kappa shape index (κ2) is 6.16. The van der Waals surface area contributed by atoms with E-state index in [2.05, 4.69) is 31.5 Å². The minimum atomic E-state index is -0.639. The third-order valence-electron chi connectivity index (χ3n) is 2.36. The van der Waals surface area contributed by atoms with Gasteiger partial charge in [0.25, 0.3) is 5.91 Å². The normalized spacial score (nSPS) is 9.85. The Morgan fingerprint density at radius 1 is 1.00 bits per heavy atom. The second-order valence-electron chi connectivity index (χ2n) is 3.87. The van der Waals surface area contributed by atoms with Gasteiger partial charge in [0.2, 0.25) is 0 Å². The Bertz CT molecular complexity index is 643. The van der Waals surface area contributed by atoms with E-state index >= 15 is 0 Å². The quantitative estimate of drug-likeness (QED) is 0.752. The van der Waals surface area contributed by atoms with Crippen molar-refractivity contribution in [3.8, 4) is 0 Å². The number of primary amides is 1. The first-order chi connectivity index (χ1) is 9.54. The van der Waals surface area contributed by atoms with Gasteiger partial charge in [-0.3, -0.25) is 4.79 Å². The Balaban J connectivity index is 2.06. The van der Waals surface area contributed by atoms with Crippen molar-refractivity contribution < 1.29 is 9.59 Å². The molecule has 4 N–H and O–H groups in total. The van der Waals surface area contributed by atoms with Gasteiger partial charge >= 0.3 is 6.03 Å². The molecule has 2 aromatic rings. The minimum absolute atomic E-state index is 0.304. The standard InChI is InChI=1S/C13H11BrN4O2/c14-11-3-1-2-10(18-11)12(19)16-8-4-6-9(7-5-8)17-13(15)20/h1-7H,(H,16,19)(H3,15,17,20). The number of carbonyl (C=O) groups excluding carboxylic acids is 2. The lowest BCUT2D eigenvalue weighted by molar-refractivity contribution is 0.102. The summed E-state index contributed by atoms with van der Waals surface area (Å²) in [5.74, 6) is -0.318. The number of amides is 3. The van der Waals surface area contributed by atoms with Crippen LogP contribution in [0.15, 0.2) is 47.1 Å². The summed E-state index contributed by atoms with van der Waals surface area (Å²) in [6.07, 6.45) is 0. The van der Waals surface area contributed by atoms with Gasteiger partial charge in [-0.05, 0) is 52.3 Å². The summed E-state index contributed by atoms with van der Waals surface area (Å²) in [5, 5.41) is 5.13. The summed E-state index contributed by atoms with van der Waals surface area (Å²) in [6, 6.07) is 11.0. The zero-order chi connectivity index (χ0) is 14.5. The Labute approximate surface area is 123 Å². The predicted molar refractivity (Wildman–Crippen MR) is 79.5 cm³/mol. The van der Waals surface area contributed by atoms with Crippen LogP contribution in [-0.4, -0.2) is 16.9 Å². The summed E-state index contributed by atoms with van der Waals surface area (Å²) in [6.45, 7) is 0. The van der Waals surface area contributed by atoms with Crippen molar-refractivity contribution in [1.82, 2.24) is 4.98 Å². The molecule has 6 nitrogen and oxygen atoms in total. The maximum Gasteiger partial charge on any atom is 0.316 e. The molecular weight excluding hydrogens is 324 g/mol. The van der Waals surface area contributed by atoms with Gasteiger partial charge in [-0.1, -0.05) is 6.07 Å². The average Bonchev–Trinajstić information content (AvgIpc) is 2.40. The van der Waals surface area contributed by atoms with Gasteiger partial charge in [-0.25, -0.2) is 9.78 Å². The van der Waals surface area contributed by atoms with E-state index in [0.29, 0.717) is 21.7 Å². The molecule has 0 saturated carbocycles. The molecule has 0 spiro atoms. The fraction of sp³-hybridized carbons (Fsp3) is 0. The van der Waals surface area contributed by atoms with Crippen LogP contribution in [0.4, 0.5) is 16.2 Å². The number of pyridine rings is 1. The van der Waals surface area contributed by atoms with E-state index < -0.39 is 6.03 Å². The highest BCUT2D eigenvalue weighted by atomic mass is 79.9. The summed E-state index contributed by atoms with van der Waals surface area (Å²) in [4.78, 5) is 26.7. The van der Waals surface area contributed by atoms with Crippen molar-refractivity contribution in [2.24, 2.45) is 5.73 Å². The fourth-order valence-electron chi connectivity index (χ4n) is 1.51. The van der Waals surface area contributed by atoms with Crippen molar-refractivity contribution in [2.45, 2.75) is 0 Å². The molecular formula is C13H11BrN4O2. The fourth-order valence-corrected chi connectivity index (χ4v) is 1.85. The van der Waals surface area contributed by atoms with Crippen molar-refractivity contribution in [3.05, 3.63) is 52.8 Å². The monoisotopic (exact) mass is 334 g/mol. The Morgan fingerprint density at radius 3 is 2.15 bits per heavy atom. The number of benzene rings is 1. The third kappa shape index (κ3) is 3.79. The van der Waals surface area contributed by atoms with Crippen molar-refractivity contribution in [1.29, 1.82) is 0 Å². The Hall–Kier alpha value is -2.41. The molecule has 102 valence electrons. The molecule has 3 amide bonds. The number of nitrogens with zero attached hydrogens (tertiary/aromatic N) is 1. The summed E-state index contributed by atoms with van der Waals surface area (Å²) in [5.41, 5.74) is 6.45. The van der Waals surface area contributed by atoms with Crippen LogP contribution in [-0.2, 0) is 0 Å². The van der Waals surface area contributed by atoms with Gasteiger partial charge in [0.15, 0.2) is 0 Å². The number of hydrogen-bond donors (Lipinski definition) is 3. The molecule has 0 aliphatic heterocycles. The van der Waals surface area contributed by atoms with E-state index in [9.17, 15) is 9.59 Å². The predicted octanol–water partition coefficient (Wildman–Crippen LogP) is 2.59. The maximum absolute atomic E-state index is 11.9. The van der Waals surface area contributed by atoms with Crippen LogP contribution in [0.5, 0.6) is 0 Å². The zero-order valence-corrected chi connectivity index (χ0v) is 11.8. The molecule has 0 bridgehead atoms. The number of nitrogens with two attached hydrogens (primary N) is 1. The van der Waals surface area contributed by atoms with E-state index in [1.165, 1.54) is 0 Å². The van der Waals surface area contributed by atoms with E-state index in [1.807, 2.05) is 0 Å². The molecule has 0 fully saturated rings. The highest BCUT2D eigenvalue weighted by Gasteiger charge is 2.07. The SMILES string of the molecule is NC(=O)Nc1ccc(NC(=O)c2cccc(Br)n2)cc1. The molecule has 1 heterocycles. The van der Waals surface area contributed by atoms with Crippen LogP contribution >= 0.6 is 15.9 Å². The van der Waals surface area contributed by atoms with E-state index in [1.54, 1.807) is 42.5 Å². The molecule has 2 rings (SSSR count). The maximum atomic E-state index is 11.9. The lowest BCUT2D eigenvalue weighted by Gasteiger charge is -2.06. The number of rotatable bonds is 3. The van der Waals surface area contributed by atoms with Crippen LogP contribution in [0.1, 0.15) is 10.5 Å². The summed E-state index contributed by atoms with van der Waals surface area (Å²) in [7, 11) is 0. The molecule has 1 aromatic carbocycles. The first-order valence-corrected chi connectivity index (χ1v) is 6.44. The van der Waals surface area contributed by atoms with E-state index in [0.717, 1.165) is 0 Å². The van der Waals surface area contributed by atoms with Crippen LogP contribution in [0.25, 0.3) is 0 Å². The number of carbonyl (C=O) groups is 2. The highest BCUT2D eigenvalue weighted by molar-refractivity contribution is 9.10. The summed E-state index contributed by atoms with van der Waals surface area (Å²) >= 11 is 3.21.